The molecule has 1 fully saturated rings. The first-order valence-electron chi connectivity index (χ1n) is 5.39. The molecule has 0 aromatic heterocycles. The normalized spacial score (nSPS) is 16.2. The standard InChI is InChI=1S/C12H16O5/c1-14-10-5-8(12-16-3-4-17-12)6-11(15-2)9(10)7-13/h5-6,12-13H,3-4,7H2,1-2H3. The van der Waals surface area contributed by atoms with E-state index in [4.69, 9.17) is 18.9 Å². The lowest BCUT2D eigenvalue weighted by Crippen LogP contribution is -2.03. The molecule has 0 unspecified atom stereocenters. The molecule has 1 heterocycles. The zero-order valence-corrected chi connectivity index (χ0v) is 9.93. The minimum atomic E-state index is -0.384. The lowest BCUT2D eigenvalue weighted by atomic mass is 10.1. The lowest BCUT2D eigenvalue weighted by Gasteiger charge is -2.16. The van der Waals surface area contributed by atoms with Crippen LogP contribution in [0.1, 0.15) is 17.4 Å². The summed E-state index contributed by atoms with van der Waals surface area (Å²) in [5.74, 6) is 1.14. The molecule has 1 N–H and O–H groups in total. The largest absolute Gasteiger partial charge is 0.496 e. The van der Waals surface area contributed by atoms with Crippen molar-refractivity contribution in [1.29, 1.82) is 0 Å². The van der Waals surface area contributed by atoms with Crippen LogP contribution in [0.4, 0.5) is 0 Å². The first-order chi connectivity index (χ1) is 8.30. The van der Waals surface area contributed by atoms with Crippen molar-refractivity contribution in [3.05, 3.63) is 23.3 Å². The highest BCUT2D eigenvalue weighted by molar-refractivity contribution is 5.48. The van der Waals surface area contributed by atoms with E-state index in [-0.39, 0.29) is 12.9 Å². The second kappa shape index (κ2) is 5.35. The molecule has 0 amide bonds. The smallest absolute Gasteiger partial charge is 0.184 e. The SMILES string of the molecule is COc1cc(C2OCCO2)cc(OC)c1CO. The van der Waals surface area contributed by atoms with E-state index in [0.29, 0.717) is 30.3 Å². The van der Waals surface area contributed by atoms with E-state index in [0.717, 1.165) is 5.56 Å². The molecule has 17 heavy (non-hydrogen) atoms. The Morgan fingerprint density at radius 3 is 2.12 bits per heavy atom. The van der Waals surface area contributed by atoms with Gasteiger partial charge in [-0.25, -0.2) is 0 Å². The van der Waals surface area contributed by atoms with Crippen LogP contribution in [0.15, 0.2) is 12.1 Å². The molecule has 0 radical (unpaired) electrons. The summed E-state index contributed by atoms with van der Waals surface area (Å²) in [6.07, 6.45) is -0.384. The van der Waals surface area contributed by atoms with Crippen molar-refractivity contribution in [1.82, 2.24) is 0 Å². The first kappa shape index (κ1) is 12.2. The number of ether oxygens (including phenoxy) is 4. The van der Waals surface area contributed by atoms with Crippen molar-refractivity contribution in [3.63, 3.8) is 0 Å². The van der Waals surface area contributed by atoms with Crippen molar-refractivity contribution in [3.8, 4) is 11.5 Å². The van der Waals surface area contributed by atoms with Crippen LogP contribution in [0.3, 0.4) is 0 Å². The quantitative estimate of drug-likeness (QED) is 0.858. The predicted molar refractivity (Wildman–Crippen MR) is 60.1 cm³/mol. The molecule has 1 aromatic carbocycles. The van der Waals surface area contributed by atoms with Crippen molar-refractivity contribution in [2.24, 2.45) is 0 Å². The number of benzene rings is 1. The van der Waals surface area contributed by atoms with Gasteiger partial charge in [-0.1, -0.05) is 0 Å². The van der Waals surface area contributed by atoms with Gasteiger partial charge in [0.1, 0.15) is 11.5 Å². The Balaban J connectivity index is 2.40. The van der Waals surface area contributed by atoms with Crippen LogP contribution in [0.2, 0.25) is 0 Å². The zero-order chi connectivity index (χ0) is 12.3. The van der Waals surface area contributed by atoms with E-state index in [9.17, 15) is 5.11 Å². The molecule has 2 rings (SSSR count). The number of methoxy groups -OCH3 is 2. The fourth-order valence-corrected chi connectivity index (χ4v) is 1.85. The van der Waals surface area contributed by atoms with Gasteiger partial charge in [-0.3, -0.25) is 0 Å². The molecule has 0 aliphatic carbocycles. The molecular formula is C12H16O5. The van der Waals surface area contributed by atoms with Crippen LogP contribution in [0, 0.1) is 0 Å². The van der Waals surface area contributed by atoms with Crippen LogP contribution in [-0.4, -0.2) is 32.5 Å². The van der Waals surface area contributed by atoms with Crippen LogP contribution in [0.25, 0.3) is 0 Å². The summed E-state index contributed by atoms with van der Waals surface area (Å²) in [6, 6.07) is 3.59. The van der Waals surface area contributed by atoms with Crippen LogP contribution in [-0.2, 0) is 16.1 Å². The summed E-state index contributed by atoms with van der Waals surface area (Å²) in [6.45, 7) is 1.02. The topological polar surface area (TPSA) is 57.2 Å². The Kier molecular flexibility index (Phi) is 3.83. The Hall–Kier alpha value is -1.30. The van der Waals surface area contributed by atoms with Crippen molar-refractivity contribution in [2.75, 3.05) is 27.4 Å². The van der Waals surface area contributed by atoms with E-state index in [1.807, 2.05) is 0 Å². The Morgan fingerprint density at radius 1 is 1.18 bits per heavy atom. The van der Waals surface area contributed by atoms with Gasteiger partial charge in [0, 0.05) is 5.56 Å². The van der Waals surface area contributed by atoms with Crippen LogP contribution < -0.4 is 9.47 Å². The number of aliphatic hydroxyl groups excluding tert-OH is 1. The van der Waals surface area contributed by atoms with E-state index in [1.165, 1.54) is 0 Å². The third kappa shape index (κ3) is 2.36. The molecule has 1 aromatic rings. The van der Waals surface area contributed by atoms with Crippen molar-refractivity contribution < 1.29 is 24.1 Å². The molecule has 1 aliphatic rings. The molecule has 5 heteroatoms. The Morgan fingerprint density at radius 2 is 1.71 bits per heavy atom. The van der Waals surface area contributed by atoms with E-state index in [1.54, 1.807) is 26.4 Å². The van der Waals surface area contributed by atoms with Crippen molar-refractivity contribution >= 4 is 0 Å². The summed E-state index contributed by atoms with van der Waals surface area (Å²) >= 11 is 0. The summed E-state index contributed by atoms with van der Waals surface area (Å²) in [5, 5.41) is 9.30. The monoisotopic (exact) mass is 240 g/mol. The third-order valence-corrected chi connectivity index (χ3v) is 2.68. The second-order valence-electron chi connectivity index (χ2n) is 3.64. The maximum absolute atomic E-state index is 9.30. The Labute approximate surface area is 99.9 Å². The van der Waals surface area contributed by atoms with Crippen LogP contribution in [0.5, 0.6) is 11.5 Å². The minimum Gasteiger partial charge on any atom is -0.496 e. The van der Waals surface area contributed by atoms with Gasteiger partial charge in [0.2, 0.25) is 0 Å². The number of hydrogen-bond donors (Lipinski definition) is 1. The number of aliphatic hydroxyl groups is 1. The van der Waals surface area contributed by atoms with E-state index < -0.39 is 0 Å². The Bertz CT molecular complexity index is 359. The zero-order valence-electron chi connectivity index (χ0n) is 9.93. The van der Waals surface area contributed by atoms with Gasteiger partial charge in [0.25, 0.3) is 0 Å². The van der Waals surface area contributed by atoms with Gasteiger partial charge in [0.15, 0.2) is 6.29 Å². The summed E-state index contributed by atoms with van der Waals surface area (Å²) in [4.78, 5) is 0. The lowest BCUT2D eigenvalue weighted by molar-refractivity contribution is -0.0443. The molecule has 1 aliphatic heterocycles. The molecular weight excluding hydrogens is 224 g/mol. The molecule has 1 saturated heterocycles. The maximum atomic E-state index is 9.30. The maximum Gasteiger partial charge on any atom is 0.184 e. The van der Waals surface area contributed by atoms with Crippen LogP contribution >= 0.6 is 0 Å². The molecule has 0 saturated carbocycles. The molecule has 0 spiro atoms. The highest BCUT2D eigenvalue weighted by Crippen LogP contribution is 2.35. The summed E-state index contributed by atoms with van der Waals surface area (Å²) < 4.78 is 21.3. The predicted octanol–water partition coefficient (Wildman–Crippen LogP) is 1.24. The van der Waals surface area contributed by atoms with Gasteiger partial charge >= 0.3 is 0 Å². The third-order valence-electron chi connectivity index (χ3n) is 2.68. The fraction of sp³-hybridized carbons (Fsp3) is 0.500. The van der Waals surface area contributed by atoms with Gasteiger partial charge in [-0.15, -0.1) is 0 Å². The van der Waals surface area contributed by atoms with Gasteiger partial charge < -0.3 is 24.1 Å². The molecule has 94 valence electrons. The minimum absolute atomic E-state index is 0.140. The molecule has 0 bridgehead atoms. The fourth-order valence-electron chi connectivity index (χ4n) is 1.85. The molecule has 0 atom stereocenters. The van der Waals surface area contributed by atoms with Gasteiger partial charge in [0.05, 0.1) is 39.6 Å². The summed E-state index contributed by atoms with van der Waals surface area (Å²) in [7, 11) is 3.10. The van der Waals surface area contributed by atoms with Crippen molar-refractivity contribution in [2.45, 2.75) is 12.9 Å². The summed E-state index contributed by atoms with van der Waals surface area (Å²) in [5.41, 5.74) is 1.45. The highest BCUT2D eigenvalue weighted by atomic mass is 16.7. The second-order valence-corrected chi connectivity index (χ2v) is 3.64. The van der Waals surface area contributed by atoms with Gasteiger partial charge in [-0.2, -0.15) is 0 Å². The van der Waals surface area contributed by atoms with Gasteiger partial charge in [-0.05, 0) is 12.1 Å². The molecule has 5 nitrogen and oxygen atoms in total. The average molecular weight is 240 g/mol. The highest BCUT2D eigenvalue weighted by Gasteiger charge is 2.22. The first-order valence-corrected chi connectivity index (χ1v) is 5.39. The average Bonchev–Trinajstić information content (AvgIpc) is 2.90. The van der Waals surface area contributed by atoms with E-state index in [2.05, 4.69) is 0 Å². The number of rotatable bonds is 4. The number of hydrogen-bond acceptors (Lipinski definition) is 5. The van der Waals surface area contributed by atoms with E-state index >= 15 is 0 Å².